The van der Waals surface area contributed by atoms with E-state index in [1.165, 1.54) is 5.56 Å². The Hall–Kier alpha value is -2.37. The molecule has 1 fully saturated rings. The van der Waals surface area contributed by atoms with Crippen LogP contribution in [0.4, 0.5) is 0 Å². The lowest BCUT2D eigenvalue weighted by atomic mass is 10.0. The molecular weight excluding hydrogens is 328 g/mol. The number of fused-ring (bicyclic) bond motifs is 1. The Bertz CT molecular complexity index is 796. The summed E-state index contributed by atoms with van der Waals surface area (Å²) in [6.07, 6.45) is 2.70. The number of hydrogen-bond donors (Lipinski definition) is 2. The number of aromatic amines is 1. The summed E-state index contributed by atoms with van der Waals surface area (Å²) in [5, 5.41) is 3.11. The summed E-state index contributed by atoms with van der Waals surface area (Å²) >= 11 is 0. The van der Waals surface area contributed by atoms with Crippen LogP contribution in [0.25, 0.3) is 11.0 Å². The van der Waals surface area contributed by atoms with E-state index < -0.39 is 0 Å². The second kappa shape index (κ2) is 7.89. The van der Waals surface area contributed by atoms with Gasteiger partial charge in [-0.05, 0) is 43.4 Å². The van der Waals surface area contributed by atoms with Crippen LogP contribution >= 0.6 is 0 Å². The molecule has 1 aliphatic rings. The van der Waals surface area contributed by atoms with Crippen LogP contribution in [-0.2, 0) is 9.59 Å². The Balaban J connectivity index is 1.60. The van der Waals surface area contributed by atoms with Gasteiger partial charge in [0.15, 0.2) is 0 Å². The highest BCUT2D eigenvalue weighted by molar-refractivity contribution is 5.79. The molecule has 1 aromatic heterocycles. The summed E-state index contributed by atoms with van der Waals surface area (Å²) in [6.45, 7) is 7.70. The van der Waals surface area contributed by atoms with Crippen molar-refractivity contribution in [1.82, 2.24) is 20.2 Å². The zero-order valence-corrected chi connectivity index (χ0v) is 15.8. The molecule has 0 unspecified atom stereocenters. The van der Waals surface area contributed by atoms with Crippen LogP contribution in [0.3, 0.4) is 0 Å². The van der Waals surface area contributed by atoms with Gasteiger partial charge in [0, 0.05) is 25.9 Å². The first kappa shape index (κ1) is 18.4. The summed E-state index contributed by atoms with van der Waals surface area (Å²) in [4.78, 5) is 33.9. The van der Waals surface area contributed by atoms with Crippen molar-refractivity contribution < 1.29 is 9.59 Å². The second-order valence-corrected chi connectivity index (χ2v) is 7.52. The number of aromatic nitrogens is 2. The van der Waals surface area contributed by atoms with E-state index in [0.29, 0.717) is 25.8 Å². The molecule has 0 spiro atoms. The molecule has 26 heavy (non-hydrogen) atoms. The summed E-state index contributed by atoms with van der Waals surface area (Å²) in [6, 6.07) is 5.95. The van der Waals surface area contributed by atoms with Gasteiger partial charge in [0.1, 0.15) is 5.82 Å². The fourth-order valence-electron chi connectivity index (χ4n) is 3.46. The molecule has 0 saturated carbocycles. The smallest absolute Gasteiger partial charge is 0.222 e. The average molecular weight is 356 g/mol. The van der Waals surface area contributed by atoms with Crippen molar-refractivity contribution in [2.75, 3.05) is 13.1 Å². The lowest BCUT2D eigenvalue weighted by molar-refractivity contribution is -0.128. The summed E-state index contributed by atoms with van der Waals surface area (Å²) in [7, 11) is 0. The second-order valence-electron chi connectivity index (χ2n) is 7.52. The predicted octanol–water partition coefficient (Wildman–Crippen LogP) is 3.09. The number of likely N-dealkylation sites (tertiary alicyclic amines) is 1. The number of H-pyrrole nitrogens is 1. The van der Waals surface area contributed by atoms with Crippen molar-refractivity contribution in [2.24, 2.45) is 5.92 Å². The number of nitrogens with one attached hydrogen (secondary N) is 2. The number of nitrogens with zero attached hydrogens (tertiary/aromatic N) is 2. The minimum absolute atomic E-state index is 0.00647. The number of amides is 2. The number of rotatable bonds is 7. The van der Waals surface area contributed by atoms with E-state index in [1.54, 1.807) is 0 Å². The van der Waals surface area contributed by atoms with Crippen LogP contribution in [0.1, 0.15) is 57.0 Å². The van der Waals surface area contributed by atoms with E-state index in [0.717, 1.165) is 29.8 Å². The molecule has 0 aliphatic carbocycles. The molecule has 1 aliphatic heterocycles. The van der Waals surface area contributed by atoms with Gasteiger partial charge in [-0.25, -0.2) is 4.98 Å². The fraction of sp³-hybridized carbons (Fsp3) is 0.550. The van der Waals surface area contributed by atoms with Crippen molar-refractivity contribution in [3.8, 4) is 0 Å². The standard InChI is InChI=1S/C20H28N4O2/c1-13(2)19(20-21-15-9-8-14(3)12-16(15)22-20)23-17(25)6-4-10-24-11-5-7-18(24)26/h8-9,12-13,19H,4-7,10-11H2,1-3H3,(H,21,22)(H,23,25)/t19-/m0/s1. The average Bonchev–Trinajstić information content (AvgIpc) is 3.18. The van der Waals surface area contributed by atoms with Crippen molar-refractivity contribution in [1.29, 1.82) is 0 Å². The highest BCUT2D eigenvalue weighted by atomic mass is 16.2. The summed E-state index contributed by atoms with van der Waals surface area (Å²) < 4.78 is 0. The molecule has 140 valence electrons. The van der Waals surface area contributed by atoms with Gasteiger partial charge in [0.25, 0.3) is 0 Å². The minimum Gasteiger partial charge on any atom is -0.346 e. The van der Waals surface area contributed by atoms with Crippen LogP contribution in [0, 0.1) is 12.8 Å². The topological polar surface area (TPSA) is 78.1 Å². The van der Waals surface area contributed by atoms with Crippen LogP contribution in [0.2, 0.25) is 0 Å². The fourth-order valence-corrected chi connectivity index (χ4v) is 3.46. The van der Waals surface area contributed by atoms with Crippen molar-refractivity contribution in [2.45, 2.75) is 52.5 Å². The van der Waals surface area contributed by atoms with E-state index >= 15 is 0 Å². The molecule has 0 radical (unpaired) electrons. The first-order valence-corrected chi connectivity index (χ1v) is 9.47. The van der Waals surface area contributed by atoms with E-state index in [1.807, 2.05) is 24.0 Å². The Labute approximate surface area is 154 Å². The van der Waals surface area contributed by atoms with E-state index in [9.17, 15) is 9.59 Å². The van der Waals surface area contributed by atoms with Gasteiger partial charge in [-0.15, -0.1) is 0 Å². The van der Waals surface area contributed by atoms with Gasteiger partial charge >= 0.3 is 0 Å². The largest absolute Gasteiger partial charge is 0.346 e. The maximum absolute atomic E-state index is 12.4. The zero-order valence-electron chi connectivity index (χ0n) is 15.8. The molecule has 1 atom stereocenters. The number of carbonyl (C=O) groups excluding carboxylic acids is 2. The third-order valence-electron chi connectivity index (χ3n) is 4.94. The highest BCUT2D eigenvalue weighted by Crippen LogP contribution is 2.23. The number of hydrogen-bond acceptors (Lipinski definition) is 3. The molecule has 0 bridgehead atoms. The quantitative estimate of drug-likeness (QED) is 0.800. The van der Waals surface area contributed by atoms with Gasteiger partial charge in [-0.1, -0.05) is 19.9 Å². The molecular formula is C20H28N4O2. The molecule has 2 amide bonds. The Morgan fingerprint density at radius 1 is 1.38 bits per heavy atom. The van der Waals surface area contributed by atoms with Crippen LogP contribution < -0.4 is 5.32 Å². The summed E-state index contributed by atoms with van der Waals surface area (Å²) in [5.74, 6) is 1.24. The third kappa shape index (κ3) is 4.23. The monoisotopic (exact) mass is 356 g/mol. The van der Waals surface area contributed by atoms with Gasteiger partial charge in [-0.3, -0.25) is 9.59 Å². The third-order valence-corrected chi connectivity index (χ3v) is 4.94. The molecule has 2 aromatic rings. The highest BCUT2D eigenvalue weighted by Gasteiger charge is 2.23. The van der Waals surface area contributed by atoms with Crippen LogP contribution in [0.15, 0.2) is 18.2 Å². The van der Waals surface area contributed by atoms with Gasteiger partial charge in [0.2, 0.25) is 11.8 Å². The van der Waals surface area contributed by atoms with E-state index in [2.05, 4.69) is 35.2 Å². The lowest BCUT2D eigenvalue weighted by Gasteiger charge is -2.21. The molecule has 6 nitrogen and oxygen atoms in total. The molecule has 1 aromatic carbocycles. The predicted molar refractivity (Wildman–Crippen MR) is 102 cm³/mol. The van der Waals surface area contributed by atoms with Gasteiger partial charge < -0.3 is 15.2 Å². The number of benzene rings is 1. The Morgan fingerprint density at radius 2 is 2.19 bits per heavy atom. The SMILES string of the molecule is Cc1ccc2nc([C@@H](NC(=O)CCCN3CCCC3=O)C(C)C)[nH]c2c1. The molecule has 1 saturated heterocycles. The summed E-state index contributed by atoms with van der Waals surface area (Å²) in [5.41, 5.74) is 3.08. The van der Waals surface area contributed by atoms with Crippen molar-refractivity contribution in [3.63, 3.8) is 0 Å². The maximum Gasteiger partial charge on any atom is 0.222 e. The molecule has 6 heteroatoms. The number of imidazole rings is 1. The molecule has 3 rings (SSSR count). The van der Waals surface area contributed by atoms with Gasteiger partial charge in [0.05, 0.1) is 17.1 Å². The molecule has 2 N–H and O–H groups in total. The van der Waals surface area contributed by atoms with Crippen molar-refractivity contribution in [3.05, 3.63) is 29.6 Å². The Morgan fingerprint density at radius 3 is 2.88 bits per heavy atom. The molecule has 2 heterocycles. The lowest BCUT2D eigenvalue weighted by Crippen LogP contribution is -2.33. The van der Waals surface area contributed by atoms with Crippen LogP contribution in [0.5, 0.6) is 0 Å². The first-order valence-electron chi connectivity index (χ1n) is 9.47. The normalized spacial score (nSPS) is 15.8. The Kier molecular flexibility index (Phi) is 5.59. The first-order chi connectivity index (χ1) is 12.4. The van der Waals surface area contributed by atoms with E-state index in [4.69, 9.17) is 0 Å². The number of aryl methyl sites for hydroxylation is 1. The minimum atomic E-state index is -0.149. The number of carbonyl (C=O) groups is 2. The van der Waals surface area contributed by atoms with Gasteiger partial charge in [-0.2, -0.15) is 0 Å². The van der Waals surface area contributed by atoms with Crippen molar-refractivity contribution >= 4 is 22.8 Å². The van der Waals surface area contributed by atoms with E-state index in [-0.39, 0.29) is 23.8 Å². The van der Waals surface area contributed by atoms with Crippen LogP contribution in [-0.4, -0.2) is 39.8 Å². The maximum atomic E-state index is 12.4. The zero-order chi connectivity index (χ0) is 18.7.